The van der Waals surface area contributed by atoms with E-state index in [1.807, 2.05) is 7.05 Å². The van der Waals surface area contributed by atoms with Crippen molar-refractivity contribution in [3.05, 3.63) is 26.3 Å². The van der Waals surface area contributed by atoms with E-state index in [1.54, 1.807) is 11.3 Å². The summed E-state index contributed by atoms with van der Waals surface area (Å²) in [5.74, 6) is 2.35. The first-order chi connectivity index (χ1) is 9.02. The Morgan fingerprint density at radius 3 is 2.63 bits per heavy atom. The zero-order valence-corrected chi connectivity index (χ0v) is 14.6. The van der Waals surface area contributed by atoms with Crippen LogP contribution in [0.2, 0.25) is 0 Å². The maximum Gasteiger partial charge on any atom is 0.172 e. The fourth-order valence-electron chi connectivity index (χ4n) is 1.88. The largest absolute Gasteiger partial charge is 0.372 e. The molecular formula is C14H18IN3S. The fourth-order valence-corrected chi connectivity index (χ4v) is 3.47. The number of anilines is 1. The number of aryl methyl sites for hydroxylation is 1. The summed E-state index contributed by atoms with van der Waals surface area (Å²) < 4.78 is 1.13. The Labute approximate surface area is 132 Å². The highest BCUT2D eigenvalue weighted by Gasteiger charge is 2.15. The third-order valence-electron chi connectivity index (χ3n) is 2.82. The van der Waals surface area contributed by atoms with Crippen LogP contribution >= 0.6 is 33.9 Å². The molecule has 0 radical (unpaired) electrons. The third kappa shape index (κ3) is 3.25. The van der Waals surface area contributed by atoms with Gasteiger partial charge in [0, 0.05) is 7.05 Å². The van der Waals surface area contributed by atoms with Crippen LogP contribution < -0.4 is 5.32 Å². The molecule has 0 unspecified atom stereocenters. The molecule has 0 saturated carbocycles. The standard InChI is InChI=1S/C14H18IN3S/c1-8(2)7-10-11(15)13(16-4)18-14(17-10)12-9(3)5-6-19-12/h5-6,8H,7H2,1-4H3,(H,16,17,18). The highest BCUT2D eigenvalue weighted by atomic mass is 127. The van der Waals surface area contributed by atoms with Gasteiger partial charge in [-0.3, -0.25) is 0 Å². The number of halogens is 1. The molecular weight excluding hydrogens is 369 g/mol. The van der Waals surface area contributed by atoms with E-state index in [0.29, 0.717) is 5.92 Å². The Morgan fingerprint density at radius 2 is 2.11 bits per heavy atom. The summed E-state index contributed by atoms with van der Waals surface area (Å²) in [6.45, 7) is 6.54. The molecule has 0 aliphatic carbocycles. The van der Waals surface area contributed by atoms with Crippen molar-refractivity contribution in [3.63, 3.8) is 0 Å². The van der Waals surface area contributed by atoms with Gasteiger partial charge in [-0.05, 0) is 58.9 Å². The summed E-state index contributed by atoms with van der Waals surface area (Å²) in [5.41, 5.74) is 2.38. The van der Waals surface area contributed by atoms with Crippen molar-refractivity contribution in [3.8, 4) is 10.7 Å². The van der Waals surface area contributed by atoms with Crippen LogP contribution in [0.5, 0.6) is 0 Å². The SMILES string of the molecule is CNc1nc(-c2sccc2C)nc(CC(C)C)c1I. The molecule has 102 valence electrons. The van der Waals surface area contributed by atoms with Crippen molar-refractivity contribution >= 4 is 39.7 Å². The Morgan fingerprint density at radius 1 is 1.37 bits per heavy atom. The molecule has 0 aliphatic heterocycles. The Bertz CT molecular complexity index is 578. The molecule has 1 N–H and O–H groups in total. The second-order valence-corrected chi connectivity index (χ2v) is 6.93. The van der Waals surface area contributed by atoms with E-state index < -0.39 is 0 Å². The first-order valence-corrected chi connectivity index (χ1v) is 8.27. The first kappa shape index (κ1) is 14.7. The lowest BCUT2D eigenvalue weighted by atomic mass is 10.1. The van der Waals surface area contributed by atoms with Gasteiger partial charge in [-0.2, -0.15) is 0 Å². The Hall–Kier alpha value is -0.690. The quantitative estimate of drug-likeness (QED) is 0.793. The van der Waals surface area contributed by atoms with E-state index in [2.05, 4.69) is 65.1 Å². The summed E-state index contributed by atoms with van der Waals surface area (Å²) in [7, 11) is 1.91. The molecule has 0 aliphatic rings. The minimum absolute atomic E-state index is 0.588. The maximum absolute atomic E-state index is 4.78. The zero-order chi connectivity index (χ0) is 14.0. The monoisotopic (exact) mass is 387 g/mol. The van der Waals surface area contributed by atoms with Gasteiger partial charge in [0.2, 0.25) is 0 Å². The molecule has 3 nitrogen and oxygen atoms in total. The fraction of sp³-hybridized carbons (Fsp3) is 0.429. The summed E-state index contributed by atoms with van der Waals surface area (Å²) in [6, 6.07) is 2.11. The number of thiophene rings is 1. The van der Waals surface area contributed by atoms with Gasteiger partial charge in [0.05, 0.1) is 14.1 Å². The zero-order valence-electron chi connectivity index (χ0n) is 11.6. The molecule has 0 atom stereocenters. The van der Waals surface area contributed by atoms with Gasteiger partial charge >= 0.3 is 0 Å². The van der Waals surface area contributed by atoms with Crippen molar-refractivity contribution in [1.82, 2.24) is 9.97 Å². The molecule has 0 spiro atoms. The van der Waals surface area contributed by atoms with Crippen molar-refractivity contribution in [1.29, 1.82) is 0 Å². The predicted octanol–water partition coefficient (Wildman–Crippen LogP) is 4.36. The molecule has 0 bridgehead atoms. The summed E-state index contributed by atoms with van der Waals surface area (Å²) in [6.07, 6.45) is 0.979. The van der Waals surface area contributed by atoms with Crippen LogP contribution in [0.1, 0.15) is 25.1 Å². The molecule has 2 aromatic rings. The van der Waals surface area contributed by atoms with Crippen LogP contribution in [0.15, 0.2) is 11.4 Å². The number of nitrogens with one attached hydrogen (secondary N) is 1. The van der Waals surface area contributed by atoms with Gasteiger partial charge in [0.1, 0.15) is 5.82 Å². The molecule has 0 fully saturated rings. The van der Waals surface area contributed by atoms with E-state index in [-0.39, 0.29) is 0 Å². The number of hydrogen-bond donors (Lipinski definition) is 1. The van der Waals surface area contributed by atoms with Gasteiger partial charge in [-0.15, -0.1) is 11.3 Å². The average molecular weight is 387 g/mol. The molecule has 5 heteroatoms. The van der Waals surface area contributed by atoms with Gasteiger partial charge < -0.3 is 5.32 Å². The van der Waals surface area contributed by atoms with E-state index in [0.717, 1.165) is 32.2 Å². The Kier molecular flexibility index (Phi) is 4.78. The number of nitrogens with zero attached hydrogens (tertiary/aromatic N) is 2. The van der Waals surface area contributed by atoms with Crippen LogP contribution in [0.4, 0.5) is 5.82 Å². The molecule has 2 aromatic heterocycles. The minimum Gasteiger partial charge on any atom is -0.372 e. The van der Waals surface area contributed by atoms with Crippen molar-refractivity contribution in [2.45, 2.75) is 27.2 Å². The van der Waals surface area contributed by atoms with E-state index >= 15 is 0 Å². The van der Waals surface area contributed by atoms with E-state index in [9.17, 15) is 0 Å². The Balaban J connectivity index is 2.54. The summed E-state index contributed by atoms with van der Waals surface area (Å²) in [5, 5.41) is 5.27. The first-order valence-electron chi connectivity index (χ1n) is 6.31. The van der Waals surface area contributed by atoms with Crippen LogP contribution in [0, 0.1) is 16.4 Å². The molecule has 0 amide bonds. The third-order valence-corrected chi connectivity index (χ3v) is 4.97. The number of rotatable bonds is 4. The topological polar surface area (TPSA) is 37.8 Å². The predicted molar refractivity (Wildman–Crippen MR) is 90.9 cm³/mol. The second kappa shape index (κ2) is 6.17. The van der Waals surface area contributed by atoms with Crippen LogP contribution in [-0.2, 0) is 6.42 Å². The average Bonchev–Trinajstić information content (AvgIpc) is 2.77. The van der Waals surface area contributed by atoms with Crippen molar-refractivity contribution < 1.29 is 0 Å². The lowest BCUT2D eigenvalue weighted by Crippen LogP contribution is -2.07. The highest BCUT2D eigenvalue weighted by Crippen LogP contribution is 2.30. The van der Waals surface area contributed by atoms with Gasteiger partial charge in [-0.1, -0.05) is 13.8 Å². The summed E-state index contributed by atoms with van der Waals surface area (Å²) in [4.78, 5) is 10.6. The second-order valence-electron chi connectivity index (χ2n) is 4.94. The highest BCUT2D eigenvalue weighted by molar-refractivity contribution is 14.1. The van der Waals surface area contributed by atoms with Gasteiger partial charge in [0.15, 0.2) is 5.82 Å². The van der Waals surface area contributed by atoms with E-state index in [1.165, 1.54) is 5.56 Å². The normalized spacial score (nSPS) is 11.1. The lowest BCUT2D eigenvalue weighted by Gasteiger charge is -2.12. The maximum atomic E-state index is 4.78. The molecule has 2 heterocycles. The van der Waals surface area contributed by atoms with Gasteiger partial charge in [-0.25, -0.2) is 9.97 Å². The molecule has 0 aromatic carbocycles. The lowest BCUT2D eigenvalue weighted by molar-refractivity contribution is 0.632. The molecule has 2 rings (SSSR count). The van der Waals surface area contributed by atoms with Gasteiger partial charge in [0.25, 0.3) is 0 Å². The van der Waals surface area contributed by atoms with Crippen LogP contribution in [-0.4, -0.2) is 17.0 Å². The number of hydrogen-bond acceptors (Lipinski definition) is 4. The van der Waals surface area contributed by atoms with Crippen LogP contribution in [0.3, 0.4) is 0 Å². The molecule has 0 saturated heterocycles. The summed E-state index contributed by atoms with van der Waals surface area (Å²) >= 11 is 4.03. The van der Waals surface area contributed by atoms with Crippen molar-refractivity contribution in [2.24, 2.45) is 5.92 Å². The minimum atomic E-state index is 0.588. The smallest absolute Gasteiger partial charge is 0.172 e. The molecule has 19 heavy (non-hydrogen) atoms. The van der Waals surface area contributed by atoms with Crippen molar-refractivity contribution in [2.75, 3.05) is 12.4 Å². The van der Waals surface area contributed by atoms with Crippen LogP contribution in [0.25, 0.3) is 10.7 Å². The number of aromatic nitrogens is 2. The van der Waals surface area contributed by atoms with E-state index in [4.69, 9.17) is 4.98 Å².